The molecule has 0 aliphatic carbocycles. The summed E-state index contributed by atoms with van der Waals surface area (Å²) in [5, 5.41) is 5.63. The monoisotopic (exact) mass is 433 g/mol. The number of aryl methyl sites for hydroxylation is 2. The zero-order valence-corrected chi connectivity index (χ0v) is 18.2. The number of halogens is 1. The number of thiazole rings is 1. The van der Waals surface area contributed by atoms with Gasteiger partial charge >= 0.3 is 0 Å². The van der Waals surface area contributed by atoms with Crippen molar-refractivity contribution in [2.75, 3.05) is 44.3 Å². The predicted octanol–water partition coefficient (Wildman–Crippen LogP) is 3.36. The van der Waals surface area contributed by atoms with E-state index in [2.05, 4.69) is 15.0 Å². The number of hydrogen-bond acceptors (Lipinski definition) is 6. The van der Waals surface area contributed by atoms with Crippen LogP contribution in [0, 0.1) is 6.92 Å². The van der Waals surface area contributed by atoms with Gasteiger partial charge in [-0.1, -0.05) is 29.0 Å². The lowest BCUT2D eigenvalue weighted by atomic mass is 10.3. The lowest BCUT2D eigenvalue weighted by molar-refractivity contribution is 0.0376. The Morgan fingerprint density at radius 1 is 1.34 bits per heavy atom. The van der Waals surface area contributed by atoms with Crippen LogP contribution >= 0.6 is 22.9 Å². The first-order valence-electron chi connectivity index (χ1n) is 9.70. The van der Waals surface area contributed by atoms with Crippen molar-refractivity contribution >= 4 is 44.2 Å². The largest absolute Gasteiger partial charge is 0.379 e. The summed E-state index contributed by atoms with van der Waals surface area (Å²) in [5.41, 5.74) is 2.10. The molecule has 1 aliphatic heterocycles. The second-order valence-corrected chi connectivity index (χ2v) is 8.56. The van der Waals surface area contributed by atoms with Crippen molar-refractivity contribution in [1.29, 1.82) is 0 Å². The van der Waals surface area contributed by atoms with E-state index < -0.39 is 0 Å². The van der Waals surface area contributed by atoms with Crippen LogP contribution < -0.4 is 4.90 Å². The summed E-state index contributed by atoms with van der Waals surface area (Å²) in [6.45, 7) is 6.83. The fourth-order valence-electron chi connectivity index (χ4n) is 3.38. The second kappa shape index (κ2) is 8.79. The summed E-state index contributed by atoms with van der Waals surface area (Å²) in [6.07, 6.45) is 0.848. The number of para-hydroxylation sites is 1. The molecule has 1 saturated heterocycles. The number of carbonyl (C=O) groups is 1. The standard InChI is InChI=1S/C20H24ClN5O2S/c1-14-13-16(23-24(14)2)19(27)26(8-4-7-25-9-11-28-12-10-25)20-22-18-15(21)5-3-6-17(18)29-20/h3,5-6,13H,4,7-12H2,1-2H3. The van der Waals surface area contributed by atoms with Gasteiger partial charge in [0.1, 0.15) is 5.52 Å². The van der Waals surface area contributed by atoms with Crippen LogP contribution in [0.4, 0.5) is 5.13 Å². The first kappa shape index (κ1) is 20.3. The lowest BCUT2D eigenvalue weighted by Crippen LogP contribution is -2.39. The topological polar surface area (TPSA) is 63.5 Å². The summed E-state index contributed by atoms with van der Waals surface area (Å²) in [7, 11) is 1.84. The van der Waals surface area contributed by atoms with Crippen LogP contribution in [0.15, 0.2) is 24.3 Å². The van der Waals surface area contributed by atoms with Gasteiger partial charge in [-0.15, -0.1) is 0 Å². The molecule has 2 aromatic heterocycles. The molecule has 3 heterocycles. The fraction of sp³-hybridized carbons (Fsp3) is 0.450. The van der Waals surface area contributed by atoms with Crippen molar-refractivity contribution < 1.29 is 9.53 Å². The number of aromatic nitrogens is 3. The third-order valence-electron chi connectivity index (χ3n) is 5.13. The van der Waals surface area contributed by atoms with Gasteiger partial charge in [0.05, 0.1) is 22.9 Å². The zero-order valence-electron chi connectivity index (χ0n) is 16.6. The maximum absolute atomic E-state index is 13.3. The van der Waals surface area contributed by atoms with E-state index in [9.17, 15) is 4.79 Å². The van der Waals surface area contributed by atoms with Crippen molar-refractivity contribution in [2.24, 2.45) is 7.05 Å². The number of benzene rings is 1. The smallest absolute Gasteiger partial charge is 0.280 e. The third kappa shape index (κ3) is 4.45. The van der Waals surface area contributed by atoms with Gasteiger partial charge in [0.15, 0.2) is 10.8 Å². The van der Waals surface area contributed by atoms with Crippen LogP contribution in [0.5, 0.6) is 0 Å². The highest BCUT2D eigenvalue weighted by Gasteiger charge is 2.24. The Morgan fingerprint density at radius 3 is 2.83 bits per heavy atom. The van der Waals surface area contributed by atoms with Crippen molar-refractivity contribution in [3.63, 3.8) is 0 Å². The molecule has 0 N–H and O–H groups in total. The molecule has 0 radical (unpaired) electrons. The Labute approximate surface area is 178 Å². The average Bonchev–Trinajstić information content (AvgIpc) is 3.30. The van der Waals surface area contributed by atoms with Gasteiger partial charge < -0.3 is 4.74 Å². The minimum absolute atomic E-state index is 0.133. The molecule has 3 aromatic rings. The summed E-state index contributed by atoms with van der Waals surface area (Å²) >= 11 is 7.79. The van der Waals surface area contributed by atoms with Gasteiger partial charge in [0.25, 0.3) is 5.91 Å². The molecular weight excluding hydrogens is 410 g/mol. The summed E-state index contributed by atoms with van der Waals surface area (Å²) < 4.78 is 8.10. The van der Waals surface area contributed by atoms with E-state index in [4.69, 9.17) is 16.3 Å². The number of rotatable bonds is 6. The molecule has 0 saturated carbocycles. The molecule has 0 spiro atoms. The molecule has 1 fully saturated rings. The minimum Gasteiger partial charge on any atom is -0.379 e. The highest BCUT2D eigenvalue weighted by Crippen LogP contribution is 2.33. The first-order chi connectivity index (χ1) is 14.0. The molecule has 0 unspecified atom stereocenters. The van der Waals surface area contributed by atoms with E-state index in [1.165, 1.54) is 11.3 Å². The highest BCUT2D eigenvalue weighted by molar-refractivity contribution is 7.22. The molecule has 7 nitrogen and oxygen atoms in total. The maximum atomic E-state index is 13.3. The van der Waals surface area contributed by atoms with Gasteiger partial charge in [-0.05, 0) is 31.5 Å². The summed E-state index contributed by atoms with van der Waals surface area (Å²) in [6, 6.07) is 7.51. The summed E-state index contributed by atoms with van der Waals surface area (Å²) in [5.74, 6) is -0.133. The number of carbonyl (C=O) groups excluding carboxylic acids is 1. The molecule has 29 heavy (non-hydrogen) atoms. The summed E-state index contributed by atoms with van der Waals surface area (Å²) in [4.78, 5) is 22.1. The normalized spacial score (nSPS) is 15.1. The number of fused-ring (bicyclic) bond motifs is 1. The molecule has 1 amide bonds. The zero-order chi connectivity index (χ0) is 20.4. The molecule has 1 aliphatic rings. The molecule has 1 aromatic carbocycles. The minimum atomic E-state index is -0.133. The van der Waals surface area contributed by atoms with E-state index in [0.29, 0.717) is 22.4 Å². The number of morpholine rings is 1. The third-order valence-corrected chi connectivity index (χ3v) is 6.48. The Hall–Kier alpha value is -2.00. The number of nitrogens with zero attached hydrogens (tertiary/aromatic N) is 5. The van der Waals surface area contributed by atoms with Crippen LogP contribution in [0.25, 0.3) is 10.2 Å². The van der Waals surface area contributed by atoms with Crippen LogP contribution in [0.1, 0.15) is 22.6 Å². The van der Waals surface area contributed by atoms with Crippen LogP contribution in [-0.2, 0) is 11.8 Å². The van der Waals surface area contributed by atoms with Crippen molar-refractivity contribution in [2.45, 2.75) is 13.3 Å². The quantitative estimate of drug-likeness (QED) is 0.596. The van der Waals surface area contributed by atoms with Gasteiger partial charge in [0, 0.05) is 38.9 Å². The van der Waals surface area contributed by atoms with E-state index in [1.54, 1.807) is 9.58 Å². The SMILES string of the molecule is Cc1cc(C(=O)N(CCCN2CCOCC2)c2nc3c(Cl)cccc3s2)nn1C. The van der Waals surface area contributed by atoms with Crippen LogP contribution in [0.2, 0.25) is 5.02 Å². The lowest BCUT2D eigenvalue weighted by Gasteiger charge is -2.27. The Morgan fingerprint density at radius 2 is 2.14 bits per heavy atom. The van der Waals surface area contributed by atoms with Gasteiger partial charge in [-0.2, -0.15) is 5.10 Å². The van der Waals surface area contributed by atoms with Crippen LogP contribution in [0.3, 0.4) is 0 Å². The van der Waals surface area contributed by atoms with Crippen molar-refractivity contribution in [1.82, 2.24) is 19.7 Å². The average molecular weight is 434 g/mol. The van der Waals surface area contributed by atoms with E-state index in [1.807, 2.05) is 38.2 Å². The van der Waals surface area contributed by atoms with E-state index in [0.717, 1.165) is 55.2 Å². The number of ether oxygens (including phenoxy) is 1. The molecule has 0 bridgehead atoms. The molecule has 0 atom stereocenters. The number of amides is 1. The second-order valence-electron chi connectivity index (χ2n) is 7.14. The van der Waals surface area contributed by atoms with E-state index in [-0.39, 0.29) is 5.91 Å². The van der Waals surface area contributed by atoms with Gasteiger partial charge in [-0.3, -0.25) is 19.3 Å². The van der Waals surface area contributed by atoms with Gasteiger partial charge in [0.2, 0.25) is 0 Å². The molecular formula is C20H24ClN5O2S. The number of anilines is 1. The Bertz CT molecular complexity index is 992. The fourth-order valence-corrected chi connectivity index (χ4v) is 4.67. The molecule has 9 heteroatoms. The van der Waals surface area contributed by atoms with Crippen LogP contribution in [-0.4, -0.2) is 65.0 Å². The predicted molar refractivity (Wildman–Crippen MR) is 116 cm³/mol. The number of hydrogen-bond donors (Lipinski definition) is 0. The van der Waals surface area contributed by atoms with Crippen molar-refractivity contribution in [3.05, 3.63) is 40.7 Å². The van der Waals surface area contributed by atoms with Crippen molar-refractivity contribution in [3.8, 4) is 0 Å². The molecule has 4 rings (SSSR count). The maximum Gasteiger partial charge on any atom is 0.280 e. The first-order valence-corrected chi connectivity index (χ1v) is 10.9. The highest BCUT2D eigenvalue weighted by atomic mass is 35.5. The van der Waals surface area contributed by atoms with Gasteiger partial charge in [-0.25, -0.2) is 4.98 Å². The Balaban J connectivity index is 1.58. The van der Waals surface area contributed by atoms with E-state index >= 15 is 0 Å². The molecule has 154 valence electrons. The Kier molecular flexibility index (Phi) is 6.15.